The molecule has 0 radical (unpaired) electrons. The summed E-state index contributed by atoms with van der Waals surface area (Å²) in [4.78, 5) is 12.0. The number of hydrogen-bond donors (Lipinski definition) is 5. The number of nitrogens with two attached hydrogens (primary N) is 2. The number of nitrogens with one attached hydrogen (secondary N) is 2. The Balaban J connectivity index is 0.00000171. The van der Waals surface area contributed by atoms with E-state index in [1.807, 2.05) is 36.4 Å². The summed E-state index contributed by atoms with van der Waals surface area (Å²) < 4.78 is 7.21. The Kier molecular flexibility index (Phi) is 7.21. The summed E-state index contributed by atoms with van der Waals surface area (Å²) in [5, 5.41) is 27.5. The lowest BCUT2D eigenvalue weighted by Crippen LogP contribution is -2.13. The van der Waals surface area contributed by atoms with Crippen molar-refractivity contribution in [2.75, 3.05) is 0 Å². The normalized spacial score (nSPS) is 10.5. The summed E-state index contributed by atoms with van der Waals surface area (Å²) in [6.07, 6.45) is 0. The number of benzene rings is 3. The number of fused-ring (bicyclic) bond motifs is 2. The number of carboxylic acids is 1. The molecule has 0 aliphatic heterocycles. The second-order valence-electron chi connectivity index (χ2n) is 7.55. The summed E-state index contributed by atoms with van der Waals surface area (Å²) >= 11 is 1.45. The van der Waals surface area contributed by atoms with Gasteiger partial charge in [0, 0.05) is 26.8 Å². The summed E-state index contributed by atoms with van der Waals surface area (Å²) in [5.74, 6) is 0.0487. The minimum atomic E-state index is -1.02. The predicted molar refractivity (Wildman–Crippen MR) is 146 cm³/mol. The molecule has 2 aromatic heterocycles. The van der Waals surface area contributed by atoms with Crippen LogP contribution in [0, 0.1) is 10.8 Å². The van der Waals surface area contributed by atoms with Crippen molar-refractivity contribution in [3.63, 3.8) is 0 Å². The van der Waals surface area contributed by atoms with Crippen LogP contribution in [0.15, 0.2) is 71.1 Å². The molecule has 7 N–H and O–H groups in total. The van der Waals surface area contributed by atoms with Crippen LogP contribution in [0.3, 0.4) is 0 Å². The minimum Gasteiger partial charge on any atom is -0.478 e. The third-order valence-electron chi connectivity index (χ3n) is 5.50. The van der Waals surface area contributed by atoms with Gasteiger partial charge in [-0.15, -0.1) is 36.2 Å². The fourth-order valence-corrected chi connectivity index (χ4v) is 4.94. The Hall–Kier alpha value is -3.85. The molecule has 2 heterocycles. The van der Waals surface area contributed by atoms with Gasteiger partial charge < -0.3 is 21.0 Å². The van der Waals surface area contributed by atoms with Crippen LogP contribution in [0.25, 0.3) is 43.5 Å². The van der Waals surface area contributed by atoms with Gasteiger partial charge in [-0.2, -0.15) is 0 Å². The second kappa shape index (κ2) is 9.79. The van der Waals surface area contributed by atoms with Gasteiger partial charge >= 0.3 is 5.97 Å². The fraction of sp³-hybridized carbons (Fsp3) is 0. The molecule has 7 nitrogen and oxygen atoms in total. The van der Waals surface area contributed by atoms with E-state index in [9.17, 15) is 9.90 Å². The lowest BCUT2D eigenvalue weighted by Gasteiger charge is -2.11. The third-order valence-corrected chi connectivity index (χ3v) is 6.63. The Morgan fingerprint density at radius 3 is 2.20 bits per heavy atom. The first kappa shape index (κ1) is 25.8. The highest BCUT2D eigenvalue weighted by Gasteiger charge is 2.18. The smallest absolute Gasteiger partial charge is 0.335 e. The monoisotopic (exact) mass is 526 g/mol. The van der Waals surface area contributed by atoms with E-state index in [4.69, 9.17) is 26.7 Å². The standard InChI is InChI=1S/C25H18N4O3S.2ClH/c26-23(27)21-11-17-15(2-1-3-20(17)33-21)18-8-9-19(32-18)16-7-4-12-10-13(25(30)31)5-6-14(12)22(16)24(28)29;;/h1-11H,(H3,26,27)(H3,28,29)(H,30,31);2*1H. The second-order valence-corrected chi connectivity index (χ2v) is 8.63. The van der Waals surface area contributed by atoms with Crippen molar-refractivity contribution in [1.29, 1.82) is 10.8 Å². The van der Waals surface area contributed by atoms with Crippen molar-refractivity contribution in [2.45, 2.75) is 0 Å². The number of carboxylic acid groups (broad SMARTS) is 1. The molecule has 5 rings (SSSR count). The summed E-state index contributed by atoms with van der Waals surface area (Å²) in [6.45, 7) is 0. The average molecular weight is 527 g/mol. The number of furan rings is 1. The van der Waals surface area contributed by atoms with Gasteiger partial charge in [-0.3, -0.25) is 10.8 Å². The van der Waals surface area contributed by atoms with Crippen LogP contribution in [-0.4, -0.2) is 22.7 Å². The molecule has 0 aliphatic carbocycles. The topological polar surface area (TPSA) is 150 Å². The number of nitrogen functional groups attached to an aromatic ring is 2. The number of thiophene rings is 1. The lowest BCUT2D eigenvalue weighted by molar-refractivity contribution is 0.0697. The molecular formula is C25H20Cl2N4O3S. The number of hydrogen-bond acceptors (Lipinski definition) is 5. The zero-order valence-electron chi connectivity index (χ0n) is 18.0. The van der Waals surface area contributed by atoms with Gasteiger partial charge in [-0.25, -0.2) is 4.79 Å². The van der Waals surface area contributed by atoms with E-state index >= 15 is 0 Å². The summed E-state index contributed by atoms with van der Waals surface area (Å²) in [7, 11) is 0. The lowest BCUT2D eigenvalue weighted by atomic mass is 9.95. The highest BCUT2D eigenvalue weighted by Crippen LogP contribution is 2.38. The van der Waals surface area contributed by atoms with E-state index in [0.29, 0.717) is 38.3 Å². The fourth-order valence-electron chi connectivity index (χ4n) is 3.99. The van der Waals surface area contributed by atoms with Crippen molar-refractivity contribution < 1.29 is 14.3 Å². The van der Waals surface area contributed by atoms with Gasteiger partial charge in [0.25, 0.3) is 0 Å². The molecule has 0 saturated carbocycles. The van der Waals surface area contributed by atoms with Gasteiger partial charge in [-0.05, 0) is 53.2 Å². The number of amidine groups is 2. The molecule has 0 spiro atoms. The van der Waals surface area contributed by atoms with Crippen molar-refractivity contribution in [1.82, 2.24) is 0 Å². The number of carbonyl (C=O) groups is 1. The molecule has 0 unspecified atom stereocenters. The Morgan fingerprint density at radius 1 is 0.829 bits per heavy atom. The SMILES string of the molecule is Cl.Cl.N=C(N)c1cc2c(-c3ccc(-c4ccc5cc(C(=O)O)ccc5c4C(=N)N)o3)cccc2s1. The molecule has 0 aliphatic rings. The van der Waals surface area contributed by atoms with Gasteiger partial charge in [0.15, 0.2) is 0 Å². The number of rotatable bonds is 5. The minimum absolute atomic E-state index is 0. The molecule has 5 aromatic rings. The van der Waals surface area contributed by atoms with E-state index in [1.54, 1.807) is 24.3 Å². The molecule has 0 fully saturated rings. The number of halogens is 2. The van der Waals surface area contributed by atoms with Gasteiger partial charge in [0.05, 0.1) is 10.4 Å². The highest BCUT2D eigenvalue weighted by molar-refractivity contribution is 7.20. The molecule has 10 heteroatoms. The van der Waals surface area contributed by atoms with Crippen molar-refractivity contribution in [3.8, 4) is 22.6 Å². The van der Waals surface area contributed by atoms with E-state index in [2.05, 4.69) is 0 Å². The largest absolute Gasteiger partial charge is 0.478 e. The maximum Gasteiger partial charge on any atom is 0.335 e. The quantitative estimate of drug-likeness (QED) is 0.138. The first-order valence-electron chi connectivity index (χ1n) is 9.95. The molecule has 35 heavy (non-hydrogen) atoms. The van der Waals surface area contributed by atoms with Crippen LogP contribution in [0.2, 0.25) is 0 Å². The Morgan fingerprint density at radius 2 is 1.54 bits per heavy atom. The maximum absolute atomic E-state index is 11.3. The molecule has 0 atom stereocenters. The van der Waals surface area contributed by atoms with Crippen molar-refractivity contribution >= 4 is 74.6 Å². The highest BCUT2D eigenvalue weighted by atomic mass is 35.5. The van der Waals surface area contributed by atoms with Gasteiger partial charge in [0.2, 0.25) is 0 Å². The molecule has 0 amide bonds. The zero-order chi connectivity index (χ0) is 23.3. The van der Waals surface area contributed by atoms with E-state index in [1.165, 1.54) is 17.4 Å². The van der Waals surface area contributed by atoms with Crippen LogP contribution < -0.4 is 11.5 Å². The van der Waals surface area contributed by atoms with E-state index in [0.717, 1.165) is 15.6 Å². The molecule has 178 valence electrons. The molecule has 0 bridgehead atoms. The zero-order valence-corrected chi connectivity index (χ0v) is 20.4. The maximum atomic E-state index is 11.3. The summed E-state index contributed by atoms with van der Waals surface area (Å²) in [6, 6.07) is 19.7. The van der Waals surface area contributed by atoms with Crippen molar-refractivity contribution in [3.05, 3.63) is 82.7 Å². The molecular weight excluding hydrogens is 507 g/mol. The summed E-state index contributed by atoms with van der Waals surface area (Å²) in [5.41, 5.74) is 13.8. The van der Waals surface area contributed by atoms with Crippen LogP contribution >= 0.6 is 36.2 Å². The van der Waals surface area contributed by atoms with Crippen LogP contribution in [0.5, 0.6) is 0 Å². The van der Waals surface area contributed by atoms with Gasteiger partial charge in [0.1, 0.15) is 23.2 Å². The Labute approximate surface area is 216 Å². The predicted octanol–water partition coefficient (Wildman–Crippen LogP) is 6.09. The van der Waals surface area contributed by atoms with Crippen molar-refractivity contribution in [2.24, 2.45) is 11.5 Å². The van der Waals surface area contributed by atoms with Crippen LogP contribution in [0.4, 0.5) is 0 Å². The first-order chi connectivity index (χ1) is 15.8. The average Bonchev–Trinajstić information content (AvgIpc) is 3.45. The van der Waals surface area contributed by atoms with E-state index in [-0.39, 0.29) is 42.0 Å². The Bertz CT molecular complexity index is 1620. The molecule has 3 aromatic carbocycles. The molecule has 0 saturated heterocycles. The van der Waals surface area contributed by atoms with E-state index < -0.39 is 5.97 Å². The van der Waals surface area contributed by atoms with Crippen LogP contribution in [0.1, 0.15) is 20.8 Å². The first-order valence-corrected chi connectivity index (χ1v) is 10.8. The third kappa shape index (κ3) is 4.46. The van der Waals surface area contributed by atoms with Crippen LogP contribution in [-0.2, 0) is 0 Å². The van der Waals surface area contributed by atoms with Gasteiger partial charge in [-0.1, -0.05) is 24.3 Å². The number of aromatic carboxylic acids is 1.